The van der Waals surface area contributed by atoms with Gasteiger partial charge in [-0.15, -0.1) is 0 Å². The summed E-state index contributed by atoms with van der Waals surface area (Å²) in [6.07, 6.45) is 5.72. The van der Waals surface area contributed by atoms with E-state index in [1.807, 2.05) is 6.92 Å². The molecule has 1 fully saturated rings. The van der Waals surface area contributed by atoms with Gasteiger partial charge in [-0.25, -0.2) is 4.79 Å². The second kappa shape index (κ2) is 5.35. The molecule has 1 aliphatic rings. The number of carbonyl (C=O) groups excluding carboxylic acids is 1. The van der Waals surface area contributed by atoms with Crippen molar-refractivity contribution in [2.45, 2.75) is 44.6 Å². The fraction of sp³-hybridized carbons (Fsp3) is 0.909. The van der Waals surface area contributed by atoms with Crippen molar-refractivity contribution in [3.63, 3.8) is 0 Å². The molecule has 0 aromatic rings. The topological polar surface area (TPSA) is 58.4 Å². The van der Waals surface area contributed by atoms with Crippen LogP contribution in [-0.4, -0.2) is 36.6 Å². The molecular formula is C11H23N3O. The second-order valence-electron chi connectivity index (χ2n) is 4.60. The van der Waals surface area contributed by atoms with E-state index in [0.717, 1.165) is 19.4 Å². The number of hydrogen-bond acceptors (Lipinski definition) is 2. The number of urea groups is 1. The Bertz CT molecular complexity index is 212. The van der Waals surface area contributed by atoms with Gasteiger partial charge in [0.2, 0.25) is 0 Å². The van der Waals surface area contributed by atoms with Gasteiger partial charge in [-0.1, -0.05) is 19.3 Å². The summed E-state index contributed by atoms with van der Waals surface area (Å²) in [6.45, 7) is 3.29. The van der Waals surface area contributed by atoms with Crippen molar-refractivity contribution in [2.24, 2.45) is 5.73 Å². The lowest BCUT2D eigenvalue weighted by Gasteiger charge is -2.34. The highest BCUT2D eigenvalue weighted by atomic mass is 16.2. The summed E-state index contributed by atoms with van der Waals surface area (Å²) >= 11 is 0. The van der Waals surface area contributed by atoms with Gasteiger partial charge in [-0.05, 0) is 19.8 Å². The van der Waals surface area contributed by atoms with Crippen molar-refractivity contribution in [3.8, 4) is 0 Å². The van der Waals surface area contributed by atoms with Crippen molar-refractivity contribution in [2.75, 3.05) is 20.1 Å². The molecule has 0 bridgehead atoms. The first-order valence-electron chi connectivity index (χ1n) is 5.85. The van der Waals surface area contributed by atoms with Gasteiger partial charge in [0.25, 0.3) is 0 Å². The van der Waals surface area contributed by atoms with Crippen molar-refractivity contribution in [3.05, 3.63) is 0 Å². The average Bonchev–Trinajstić information content (AvgIpc) is 2.26. The van der Waals surface area contributed by atoms with Crippen LogP contribution in [0, 0.1) is 0 Å². The van der Waals surface area contributed by atoms with Crippen molar-refractivity contribution >= 4 is 6.03 Å². The first-order valence-corrected chi connectivity index (χ1v) is 5.85. The quantitative estimate of drug-likeness (QED) is 0.742. The zero-order chi connectivity index (χ0) is 11.3. The van der Waals surface area contributed by atoms with Gasteiger partial charge < -0.3 is 16.0 Å². The lowest BCUT2D eigenvalue weighted by atomic mass is 9.82. The first kappa shape index (κ1) is 12.3. The molecule has 88 valence electrons. The number of nitrogens with two attached hydrogens (primary N) is 1. The Labute approximate surface area is 92.2 Å². The fourth-order valence-electron chi connectivity index (χ4n) is 1.96. The number of nitrogens with zero attached hydrogens (tertiary/aromatic N) is 1. The number of amides is 2. The molecule has 4 heteroatoms. The third-order valence-electron chi connectivity index (χ3n) is 3.26. The third-order valence-corrected chi connectivity index (χ3v) is 3.26. The monoisotopic (exact) mass is 213 g/mol. The van der Waals surface area contributed by atoms with Crippen LogP contribution in [0.15, 0.2) is 0 Å². The van der Waals surface area contributed by atoms with E-state index in [-0.39, 0.29) is 11.6 Å². The van der Waals surface area contributed by atoms with Crippen LogP contribution in [0.5, 0.6) is 0 Å². The minimum atomic E-state index is -0.164. The highest BCUT2D eigenvalue weighted by Gasteiger charge is 2.27. The molecule has 3 N–H and O–H groups in total. The Morgan fingerprint density at radius 1 is 1.40 bits per heavy atom. The number of nitrogens with one attached hydrogen (secondary N) is 1. The molecule has 15 heavy (non-hydrogen) atoms. The normalized spacial score (nSPS) is 19.7. The maximum atomic E-state index is 11.5. The summed E-state index contributed by atoms with van der Waals surface area (Å²) in [7, 11) is 1.79. The van der Waals surface area contributed by atoms with Crippen LogP contribution in [0.2, 0.25) is 0 Å². The van der Waals surface area contributed by atoms with E-state index in [9.17, 15) is 4.79 Å². The summed E-state index contributed by atoms with van der Waals surface area (Å²) < 4.78 is 0. The van der Waals surface area contributed by atoms with Gasteiger partial charge in [0.15, 0.2) is 0 Å². The van der Waals surface area contributed by atoms with E-state index in [4.69, 9.17) is 5.73 Å². The molecule has 1 aliphatic carbocycles. The molecule has 0 heterocycles. The lowest BCUT2D eigenvalue weighted by molar-refractivity contribution is 0.203. The predicted molar refractivity (Wildman–Crippen MR) is 61.7 cm³/mol. The van der Waals surface area contributed by atoms with E-state index >= 15 is 0 Å². The summed E-state index contributed by atoms with van der Waals surface area (Å²) in [5, 5.41) is 2.91. The van der Waals surface area contributed by atoms with Crippen molar-refractivity contribution in [1.29, 1.82) is 0 Å². The van der Waals surface area contributed by atoms with E-state index in [1.165, 1.54) is 19.3 Å². The van der Waals surface area contributed by atoms with Crippen LogP contribution >= 0.6 is 0 Å². The standard InChI is InChI=1S/C11H23N3O/c1-3-14(2)10(15)13-9-11(12)7-5-4-6-8-11/h3-9,12H2,1-2H3,(H,13,15). The maximum Gasteiger partial charge on any atom is 0.317 e. The van der Waals surface area contributed by atoms with Crippen LogP contribution < -0.4 is 11.1 Å². The van der Waals surface area contributed by atoms with E-state index in [1.54, 1.807) is 11.9 Å². The van der Waals surface area contributed by atoms with Crippen molar-refractivity contribution in [1.82, 2.24) is 10.2 Å². The Hall–Kier alpha value is -0.770. The fourth-order valence-corrected chi connectivity index (χ4v) is 1.96. The first-order chi connectivity index (χ1) is 7.07. The Balaban J connectivity index is 2.31. The summed E-state index contributed by atoms with van der Waals surface area (Å²) in [5.74, 6) is 0. The molecule has 0 radical (unpaired) electrons. The predicted octanol–water partition coefficient (Wildman–Crippen LogP) is 1.31. The molecule has 0 saturated heterocycles. The zero-order valence-corrected chi connectivity index (χ0v) is 9.88. The van der Waals surface area contributed by atoms with Crippen LogP contribution in [0.25, 0.3) is 0 Å². The van der Waals surface area contributed by atoms with Gasteiger partial charge in [-0.2, -0.15) is 0 Å². The highest BCUT2D eigenvalue weighted by Crippen LogP contribution is 2.25. The molecule has 4 nitrogen and oxygen atoms in total. The number of carbonyl (C=O) groups is 1. The summed E-state index contributed by atoms with van der Waals surface area (Å²) in [4.78, 5) is 13.2. The average molecular weight is 213 g/mol. The molecule has 0 spiro atoms. The van der Waals surface area contributed by atoms with Gasteiger partial charge in [-0.3, -0.25) is 0 Å². The highest BCUT2D eigenvalue weighted by molar-refractivity contribution is 5.73. The minimum absolute atomic E-state index is 0.0205. The van der Waals surface area contributed by atoms with Crippen LogP contribution in [0.4, 0.5) is 4.79 Å². The summed E-state index contributed by atoms with van der Waals surface area (Å²) in [5.41, 5.74) is 6.05. The lowest BCUT2D eigenvalue weighted by Crippen LogP contribution is -2.53. The van der Waals surface area contributed by atoms with Crippen LogP contribution in [0.3, 0.4) is 0 Å². The zero-order valence-electron chi connectivity index (χ0n) is 9.88. The Morgan fingerprint density at radius 3 is 2.53 bits per heavy atom. The largest absolute Gasteiger partial charge is 0.336 e. The van der Waals surface area contributed by atoms with Gasteiger partial charge in [0, 0.05) is 25.7 Å². The molecule has 1 rings (SSSR count). The molecule has 0 unspecified atom stereocenters. The Morgan fingerprint density at radius 2 is 2.00 bits per heavy atom. The molecular weight excluding hydrogens is 190 g/mol. The van der Waals surface area contributed by atoms with Gasteiger partial charge >= 0.3 is 6.03 Å². The van der Waals surface area contributed by atoms with Gasteiger partial charge in [0.1, 0.15) is 0 Å². The van der Waals surface area contributed by atoms with Crippen LogP contribution in [-0.2, 0) is 0 Å². The van der Waals surface area contributed by atoms with Crippen LogP contribution in [0.1, 0.15) is 39.0 Å². The number of hydrogen-bond donors (Lipinski definition) is 2. The third kappa shape index (κ3) is 3.70. The molecule has 2 amide bonds. The Kier molecular flexibility index (Phi) is 4.39. The summed E-state index contributed by atoms with van der Waals surface area (Å²) in [6, 6.07) is -0.0205. The second-order valence-corrected chi connectivity index (χ2v) is 4.60. The smallest absolute Gasteiger partial charge is 0.317 e. The molecule has 0 atom stereocenters. The van der Waals surface area contributed by atoms with E-state index in [0.29, 0.717) is 6.54 Å². The van der Waals surface area contributed by atoms with E-state index in [2.05, 4.69) is 5.32 Å². The maximum absolute atomic E-state index is 11.5. The molecule has 0 aromatic heterocycles. The molecule has 1 saturated carbocycles. The minimum Gasteiger partial charge on any atom is -0.336 e. The van der Waals surface area contributed by atoms with Crippen molar-refractivity contribution < 1.29 is 4.79 Å². The molecule has 0 aromatic carbocycles. The number of rotatable bonds is 3. The van der Waals surface area contributed by atoms with E-state index < -0.39 is 0 Å². The molecule has 0 aliphatic heterocycles. The van der Waals surface area contributed by atoms with Gasteiger partial charge in [0.05, 0.1) is 0 Å². The SMILES string of the molecule is CCN(C)C(=O)NCC1(N)CCCCC1.